The number of carbonyl (C=O) groups is 2. The van der Waals surface area contributed by atoms with Crippen molar-refractivity contribution in [1.29, 1.82) is 0 Å². The highest BCUT2D eigenvalue weighted by molar-refractivity contribution is 7.92. The van der Waals surface area contributed by atoms with Crippen molar-refractivity contribution < 1.29 is 27.5 Å². The molecule has 0 aromatic heterocycles. The molecule has 0 amide bonds. The molecule has 9 heteroatoms. The van der Waals surface area contributed by atoms with Crippen molar-refractivity contribution in [2.24, 2.45) is 0 Å². The molecular formula is C18H18ClNO6S. The minimum absolute atomic E-state index is 0.285. The fourth-order valence-corrected chi connectivity index (χ4v) is 2.80. The Hall–Kier alpha value is -2.58. The predicted octanol–water partition coefficient (Wildman–Crippen LogP) is 2.90. The van der Waals surface area contributed by atoms with Gasteiger partial charge in [-0.3, -0.25) is 9.52 Å². The lowest BCUT2D eigenvalue weighted by Crippen LogP contribution is -2.27. The Balaban J connectivity index is 1.88. The number of rotatable bonds is 8. The van der Waals surface area contributed by atoms with Crippen molar-refractivity contribution in [2.45, 2.75) is 13.0 Å². The van der Waals surface area contributed by atoms with Crippen LogP contribution in [0, 0.1) is 0 Å². The molecule has 7 nitrogen and oxygen atoms in total. The van der Waals surface area contributed by atoms with Crippen molar-refractivity contribution in [3.8, 4) is 5.75 Å². The van der Waals surface area contributed by atoms with Gasteiger partial charge in [0.2, 0.25) is 15.8 Å². The molecule has 144 valence electrons. The summed E-state index contributed by atoms with van der Waals surface area (Å²) in [5, 5.41) is 0.543. The third kappa shape index (κ3) is 6.92. The third-order valence-electron chi connectivity index (χ3n) is 3.32. The van der Waals surface area contributed by atoms with E-state index >= 15 is 0 Å². The predicted molar refractivity (Wildman–Crippen MR) is 102 cm³/mol. The van der Waals surface area contributed by atoms with E-state index in [1.807, 2.05) is 0 Å². The molecule has 27 heavy (non-hydrogen) atoms. The van der Waals surface area contributed by atoms with Gasteiger partial charge in [0, 0.05) is 16.3 Å². The molecule has 1 N–H and O–H groups in total. The number of hydrogen-bond acceptors (Lipinski definition) is 6. The van der Waals surface area contributed by atoms with Crippen molar-refractivity contribution in [3.05, 3.63) is 59.1 Å². The number of nitrogens with one attached hydrogen (secondary N) is 1. The molecule has 0 unspecified atom stereocenters. The van der Waals surface area contributed by atoms with Crippen molar-refractivity contribution in [1.82, 2.24) is 0 Å². The summed E-state index contributed by atoms with van der Waals surface area (Å²) < 4.78 is 35.0. The second-order valence-corrected chi connectivity index (χ2v) is 7.88. The number of hydrogen-bond donors (Lipinski definition) is 1. The van der Waals surface area contributed by atoms with Crippen LogP contribution in [0.5, 0.6) is 5.75 Å². The fraction of sp³-hybridized carbons (Fsp3) is 0.222. The number of halogens is 1. The van der Waals surface area contributed by atoms with Crippen molar-refractivity contribution in [3.63, 3.8) is 0 Å². The molecule has 0 saturated carbocycles. The molecule has 1 atom stereocenters. The zero-order chi connectivity index (χ0) is 20.0. The molecule has 0 aliphatic rings. The van der Waals surface area contributed by atoms with E-state index in [4.69, 9.17) is 21.1 Å². The molecule has 0 aliphatic carbocycles. The SMILES string of the molecule is C[C@H](OC(=O)COc1ccc(Cl)cc1)C(=O)c1ccc(NS(C)(=O)=O)cc1. The van der Waals surface area contributed by atoms with Crippen LogP contribution in [0.25, 0.3) is 0 Å². The van der Waals surface area contributed by atoms with Crippen LogP contribution in [0.15, 0.2) is 48.5 Å². The average Bonchev–Trinajstić information content (AvgIpc) is 2.60. The van der Waals surface area contributed by atoms with Crippen LogP contribution >= 0.6 is 11.6 Å². The van der Waals surface area contributed by atoms with E-state index in [2.05, 4.69) is 4.72 Å². The minimum atomic E-state index is -3.40. The summed E-state index contributed by atoms with van der Waals surface area (Å²) in [4.78, 5) is 24.2. The molecule has 2 aromatic rings. The van der Waals surface area contributed by atoms with Crippen LogP contribution in [-0.2, 0) is 19.6 Å². The highest BCUT2D eigenvalue weighted by atomic mass is 35.5. The van der Waals surface area contributed by atoms with Crippen LogP contribution < -0.4 is 9.46 Å². The van der Waals surface area contributed by atoms with Crippen LogP contribution in [0.4, 0.5) is 5.69 Å². The number of benzene rings is 2. The number of carbonyl (C=O) groups excluding carboxylic acids is 2. The van der Waals surface area contributed by atoms with Crippen LogP contribution in [-0.4, -0.2) is 39.1 Å². The maximum absolute atomic E-state index is 12.3. The van der Waals surface area contributed by atoms with E-state index < -0.39 is 27.9 Å². The lowest BCUT2D eigenvalue weighted by molar-refractivity contribution is -0.148. The molecule has 0 saturated heterocycles. The van der Waals surface area contributed by atoms with E-state index in [1.165, 1.54) is 31.2 Å². The summed E-state index contributed by atoms with van der Waals surface area (Å²) in [5.74, 6) is -0.661. The van der Waals surface area contributed by atoms with Gasteiger partial charge in [-0.05, 0) is 55.5 Å². The average molecular weight is 412 g/mol. The zero-order valence-electron chi connectivity index (χ0n) is 14.6. The largest absolute Gasteiger partial charge is 0.482 e. The van der Waals surface area contributed by atoms with E-state index in [9.17, 15) is 18.0 Å². The van der Waals surface area contributed by atoms with Gasteiger partial charge in [-0.25, -0.2) is 13.2 Å². The Bertz CT molecular complexity index is 910. The Morgan fingerprint density at radius 1 is 1.07 bits per heavy atom. The van der Waals surface area contributed by atoms with Gasteiger partial charge in [-0.1, -0.05) is 11.6 Å². The first kappa shape index (κ1) is 20.7. The van der Waals surface area contributed by atoms with Crippen molar-refractivity contribution in [2.75, 3.05) is 17.6 Å². The second-order valence-electron chi connectivity index (χ2n) is 5.69. The van der Waals surface area contributed by atoms with E-state index in [1.54, 1.807) is 24.3 Å². The van der Waals surface area contributed by atoms with Gasteiger partial charge < -0.3 is 9.47 Å². The van der Waals surface area contributed by atoms with E-state index in [0.717, 1.165) is 6.26 Å². The molecule has 0 heterocycles. The van der Waals surface area contributed by atoms with Crippen LogP contribution in [0.1, 0.15) is 17.3 Å². The van der Waals surface area contributed by atoms with Crippen molar-refractivity contribution >= 4 is 39.1 Å². The summed E-state index contributed by atoms with van der Waals surface area (Å²) in [7, 11) is -3.40. The summed E-state index contributed by atoms with van der Waals surface area (Å²) >= 11 is 5.76. The summed E-state index contributed by atoms with van der Waals surface area (Å²) in [6.45, 7) is 1.10. The maximum Gasteiger partial charge on any atom is 0.344 e. The van der Waals surface area contributed by atoms with Gasteiger partial charge in [-0.2, -0.15) is 0 Å². The second kappa shape index (κ2) is 8.88. The Kier molecular flexibility index (Phi) is 6.81. The third-order valence-corrected chi connectivity index (χ3v) is 4.18. The first-order chi connectivity index (χ1) is 12.6. The molecule has 0 aliphatic heterocycles. The summed E-state index contributed by atoms with van der Waals surface area (Å²) in [5.41, 5.74) is 0.614. The van der Waals surface area contributed by atoms with Gasteiger partial charge >= 0.3 is 5.97 Å². The number of sulfonamides is 1. The van der Waals surface area contributed by atoms with E-state index in [-0.39, 0.29) is 12.2 Å². The maximum atomic E-state index is 12.3. The Morgan fingerprint density at radius 2 is 1.67 bits per heavy atom. The molecule has 2 rings (SSSR count). The fourth-order valence-electron chi connectivity index (χ4n) is 2.11. The molecule has 0 radical (unpaired) electrons. The van der Waals surface area contributed by atoms with Gasteiger partial charge in [0.1, 0.15) is 5.75 Å². The smallest absolute Gasteiger partial charge is 0.344 e. The Labute approximate surface area is 162 Å². The quantitative estimate of drug-likeness (QED) is 0.529. The first-order valence-corrected chi connectivity index (χ1v) is 10.1. The van der Waals surface area contributed by atoms with Crippen LogP contribution in [0.2, 0.25) is 5.02 Å². The molecular weight excluding hydrogens is 394 g/mol. The standard InChI is InChI=1S/C18H18ClNO6S/c1-12(26-17(21)11-25-16-9-5-14(19)6-10-16)18(22)13-3-7-15(8-4-13)20-27(2,23)24/h3-10,12,20H,11H2,1-2H3/t12-/m0/s1. The molecule has 0 spiro atoms. The number of ether oxygens (including phenoxy) is 2. The Morgan fingerprint density at radius 3 is 2.22 bits per heavy atom. The zero-order valence-corrected chi connectivity index (χ0v) is 16.2. The van der Waals surface area contributed by atoms with Crippen LogP contribution in [0.3, 0.4) is 0 Å². The van der Waals surface area contributed by atoms with Gasteiger partial charge in [-0.15, -0.1) is 0 Å². The highest BCUT2D eigenvalue weighted by Gasteiger charge is 2.20. The molecule has 2 aromatic carbocycles. The number of ketones is 1. The normalized spacial score (nSPS) is 12.1. The number of anilines is 1. The highest BCUT2D eigenvalue weighted by Crippen LogP contribution is 2.16. The summed E-state index contributed by atoms with van der Waals surface area (Å²) in [6.07, 6.45) is 0.0136. The molecule has 0 bridgehead atoms. The van der Waals surface area contributed by atoms with E-state index in [0.29, 0.717) is 16.5 Å². The summed E-state index contributed by atoms with van der Waals surface area (Å²) in [6, 6.07) is 12.3. The van der Waals surface area contributed by atoms with Gasteiger partial charge in [0.05, 0.1) is 6.26 Å². The minimum Gasteiger partial charge on any atom is -0.482 e. The van der Waals surface area contributed by atoms with Gasteiger partial charge in [0.15, 0.2) is 12.7 Å². The number of esters is 1. The van der Waals surface area contributed by atoms with Gasteiger partial charge in [0.25, 0.3) is 0 Å². The first-order valence-electron chi connectivity index (χ1n) is 7.84. The topological polar surface area (TPSA) is 98.8 Å². The lowest BCUT2D eigenvalue weighted by Gasteiger charge is -2.13. The monoisotopic (exact) mass is 411 g/mol. The lowest BCUT2D eigenvalue weighted by atomic mass is 10.1. The molecule has 0 fully saturated rings. The number of Topliss-reactive ketones (excluding diaryl/α,β-unsaturated/α-hetero) is 1.